The largest absolute Gasteiger partial charge is 0.495 e. The number of rotatable bonds is 2. The molecule has 28 heavy (non-hydrogen) atoms. The van der Waals surface area contributed by atoms with Crippen molar-refractivity contribution in [2.45, 2.75) is 58.8 Å². The molecule has 2 saturated carbocycles. The number of aromatic nitrogens is 1. The number of allylic oxidation sites excluding steroid dienone is 2. The number of ether oxygens (including phenoxy) is 2. The lowest BCUT2D eigenvalue weighted by atomic mass is 9.46. The van der Waals surface area contributed by atoms with E-state index in [1.54, 1.807) is 7.11 Å². The Labute approximate surface area is 169 Å². The molecule has 0 bridgehead atoms. The number of pyridine rings is 1. The molecule has 4 aliphatic rings. The second-order valence-electron chi connectivity index (χ2n) is 10.3. The maximum absolute atomic E-state index is 5.98. The van der Waals surface area contributed by atoms with E-state index in [2.05, 4.69) is 31.0 Å². The maximum atomic E-state index is 5.98. The zero-order chi connectivity index (χ0) is 19.4. The summed E-state index contributed by atoms with van der Waals surface area (Å²) in [5.41, 5.74) is 3.57. The molecule has 3 aliphatic carbocycles. The smallest absolute Gasteiger partial charge is 0.137 e. The van der Waals surface area contributed by atoms with Crippen molar-refractivity contribution in [2.24, 2.45) is 34.5 Å². The van der Waals surface area contributed by atoms with Gasteiger partial charge in [-0.05, 0) is 96.7 Å². The summed E-state index contributed by atoms with van der Waals surface area (Å²) in [4.78, 5) is 4.45. The Morgan fingerprint density at radius 2 is 2.00 bits per heavy atom. The predicted octanol–water partition coefficient (Wildman–Crippen LogP) is 5.75. The van der Waals surface area contributed by atoms with Crippen molar-refractivity contribution in [1.82, 2.24) is 4.98 Å². The van der Waals surface area contributed by atoms with Gasteiger partial charge in [0.2, 0.25) is 0 Å². The standard InChI is InChI=1S/C25H35NO2/c1-24-10-4-12-28-16-18(24)5-6-20-22-8-7-21(25(22,2)11-9-23(20)24)17-13-19(27-3)15-26-14-17/h7,13-15,18,20,22-23H,4-6,8-12,16H2,1-3H3/t18-,20-,22-,23-,24-,25+/m0/s1. The van der Waals surface area contributed by atoms with E-state index < -0.39 is 0 Å². The lowest BCUT2D eigenvalue weighted by Crippen LogP contribution is -2.51. The van der Waals surface area contributed by atoms with Crippen molar-refractivity contribution in [3.05, 3.63) is 30.1 Å². The molecule has 0 unspecified atom stereocenters. The summed E-state index contributed by atoms with van der Waals surface area (Å²) in [6.45, 7) is 7.12. The normalized spacial score (nSPS) is 42.6. The minimum absolute atomic E-state index is 0.291. The van der Waals surface area contributed by atoms with Crippen LogP contribution in [0.25, 0.3) is 5.57 Å². The van der Waals surface area contributed by atoms with E-state index >= 15 is 0 Å². The van der Waals surface area contributed by atoms with Crippen LogP contribution < -0.4 is 4.74 Å². The van der Waals surface area contributed by atoms with E-state index in [1.165, 1.54) is 56.1 Å². The molecule has 0 amide bonds. The van der Waals surface area contributed by atoms with Crippen molar-refractivity contribution < 1.29 is 9.47 Å². The van der Waals surface area contributed by atoms with Gasteiger partial charge in [-0.2, -0.15) is 0 Å². The SMILES string of the molecule is COc1cncc(C2=CC[C@H]3[C@@H]4CC[C@H]5COCCC[C@]5(C)[C@H]4CC[C@]23C)c1. The molecule has 2 heterocycles. The molecule has 3 nitrogen and oxygen atoms in total. The van der Waals surface area contributed by atoms with Gasteiger partial charge in [0.15, 0.2) is 0 Å². The van der Waals surface area contributed by atoms with Crippen molar-refractivity contribution in [3.63, 3.8) is 0 Å². The van der Waals surface area contributed by atoms with Crippen LogP contribution in [0.15, 0.2) is 24.5 Å². The third kappa shape index (κ3) is 2.69. The minimum Gasteiger partial charge on any atom is -0.495 e. The summed E-state index contributed by atoms with van der Waals surface area (Å²) in [5, 5.41) is 0. The molecule has 1 aromatic rings. The van der Waals surface area contributed by atoms with Gasteiger partial charge in [-0.25, -0.2) is 0 Å². The summed E-state index contributed by atoms with van der Waals surface area (Å²) >= 11 is 0. The number of methoxy groups -OCH3 is 1. The molecule has 0 N–H and O–H groups in total. The van der Waals surface area contributed by atoms with Crippen LogP contribution in [0.4, 0.5) is 0 Å². The highest BCUT2D eigenvalue weighted by atomic mass is 16.5. The molecule has 152 valence electrons. The van der Waals surface area contributed by atoms with Crippen molar-refractivity contribution >= 4 is 5.57 Å². The van der Waals surface area contributed by atoms with Crippen LogP contribution in [0.5, 0.6) is 5.75 Å². The quantitative estimate of drug-likeness (QED) is 0.653. The molecule has 6 atom stereocenters. The molecule has 0 radical (unpaired) electrons. The van der Waals surface area contributed by atoms with Gasteiger partial charge in [-0.15, -0.1) is 0 Å². The van der Waals surface area contributed by atoms with Crippen LogP contribution in [0, 0.1) is 34.5 Å². The summed E-state index contributed by atoms with van der Waals surface area (Å²) in [6, 6.07) is 2.18. The van der Waals surface area contributed by atoms with Crippen LogP contribution in [0.3, 0.4) is 0 Å². The lowest BCUT2D eigenvalue weighted by molar-refractivity contribution is -0.0884. The first-order chi connectivity index (χ1) is 13.6. The Kier molecular flexibility index (Phi) is 4.58. The Morgan fingerprint density at radius 1 is 1.11 bits per heavy atom. The molecule has 0 spiro atoms. The third-order valence-electron chi connectivity index (χ3n) is 9.23. The Morgan fingerprint density at radius 3 is 2.86 bits per heavy atom. The predicted molar refractivity (Wildman–Crippen MR) is 112 cm³/mol. The molecule has 1 aromatic heterocycles. The van der Waals surface area contributed by atoms with Crippen molar-refractivity contribution in [2.75, 3.05) is 20.3 Å². The van der Waals surface area contributed by atoms with E-state index in [9.17, 15) is 0 Å². The molecule has 1 saturated heterocycles. The highest BCUT2D eigenvalue weighted by molar-refractivity contribution is 5.73. The summed E-state index contributed by atoms with van der Waals surface area (Å²) in [6.07, 6.45) is 15.7. The number of hydrogen-bond acceptors (Lipinski definition) is 3. The summed E-state index contributed by atoms with van der Waals surface area (Å²) < 4.78 is 11.4. The summed E-state index contributed by atoms with van der Waals surface area (Å²) in [7, 11) is 1.73. The molecular weight excluding hydrogens is 346 g/mol. The molecule has 0 aromatic carbocycles. The summed E-state index contributed by atoms with van der Waals surface area (Å²) in [5.74, 6) is 4.17. The van der Waals surface area contributed by atoms with E-state index in [1.807, 2.05) is 12.4 Å². The first kappa shape index (κ1) is 18.7. The van der Waals surface area contributed by atoms with Gasteiger partial charge in [0.05, 0.1) is 13.3 Å². The first-order valence-electron chi connectivity index (χ1n) is 11.3. The first-order valence-corrected chi connectivity index (χ1v) is 11.3. The maximum Gasteiger partial charge on any atom is 0.137 e. The molecular formula is C25H35NO2. The van der Waals surface area contributed by atoms with Gasteiger partial charge in [0.25, 0.3) is 0 Å². The van der Waals surface area contributed by atoms with Gasteiger partial charge >= 0.3 is 0 Å². The van der Waals surface area contributed by atoms with E-state index in [4.69, 9.17) is 9.47 Å². The fraction of sp³-hybridized carbons (Fsp3) is 0.720. The Bertz CT molecular complexity index is 774. The highest BCUT2D eigenvalue weighted by Gasteiger charge is 2.57. The zero-order valence-electron chi connectivity index (χ0n) is 17.7. The van der Waals surface area contributed by atoms with Crippen LogP contribution in [0.2, 0.25) is 0 Å². The average Bonchev–Trinajstić information content (AvgIpc) is 2.94. The van der Waals surface area contributed by atoms with Crippen LogP contribution in [-0.2, 0) is 4.74 Å². The molecule has 3 fully saturated rings. The zero-order valence-corrected chi connectivity index (χ0v) is 17.7. The number of nitrogens with zero attached hydrogens (tertiary/aromatic N) is 1. The van der Waals surface area contributed by atoms with Crippen LogP contribution >= 0.6 is 0 Å². The van der Waals surface area contributed by atoms with Crippen molar-refractivity contribution in [3.8, 4) is 5.75 Å². The monoisotopic (exact) mass is 381 g/mol. The van der Waals surface area contributed by atoms with E-state index in [0.29, 0.717) is 10.8 Å². The van der Waals surface area contributed by atoms with Gasteiger partial charge in [-0.1, -0.05) is 19.9 Å². The molecule has 5 rings (SSSR count). The van der Waals surface area contributed by atoms with Gasteiger partial charge in [0.1, 0.15) is 5.75 Å². The van der Waals surface area contributed by atoms with Gasteiger partial charge in [0, 0.05) is 19.4 Å². The Balaban J connectivity index is 1.44. The minimum atomic E-state index is 0.291. The van der Waals surface area contributed by atoms with Gasteiger partial charge < -0.3 is 9.47 Å². The van der Waals surface area contributed by atoms with E-state index in [0.717, 1.165) is 42.6 Å². The molecule has 1 aliphatic heterocycles. The lowest BCUT2D eigenvalue weighted by Gasteiger charge is -2.58. The highest BCUT2D eigenvalue weighted by Crippen LogP contribution is 2.66. The second-order valence-corrected chi connectivity index (χ2v) is 10.3. The fourth-order valence-corrected chi connectivity index (χ4v) is 7.67. The topological polar surface area (TPSA) is 31.4 Å². The Hall–Kier alpha value is -1.35. The van der Waals surface area contributed by atoms with Crippen LogP contribution in [-0.4, -0.2) is 25.3 Å². The average molecular weight is 382 g/mol. The fourth-order valence-electron chi connectivity index (χ4n) is 7.67. The van der Waals surface area contributed by atoms with E-state index in [-0.39, 0.29) is 0 Å². The second kappa shape index (κ2) is 6.86. The van der Waals surface area contributed by atoms with Crippen LogP contribution in [0.1, 0.15) is 64.4 Å². The number of hydrogen-bond donors (Lipinski definition) is 0. The molecule has 3 heteroatoms. The van der Waals surface area contributed by atoms with Gasteiger partial charge in [-0.3, -0.25) is 4.98 Å². The van der Waals surface area contributed by atoms with Crippen molar-refractivity contribution in [1.29, 1.82) is 0 Å². The third-order valence-corrected chi connectivity index (χ3v) is 9.23. The number of fused-ring (bicyclic) bond motifs is 5.